The minimum atomic E-state index is -1.19. The largest absolute Gasteiger partial charge is 0.497 e. The summed E-state index contributed by atoms with van der Waals surface area (Å²) in [5.74, 6) is 6.27. The van der Waals surface area contributed by atoms with Gasteiger partial charge in [-0.2, -0.15) is 0 Å². The molecule has 1 fully saturated rings. The zero-order valence-electron chi connectivity index (χ0n) is 15.6. The molecule has 2 atom stereocenters. The number of carbonyl (C=O) groups excluding carboxylic acids is 2. The van der Waals surface area contributed by atoms with Crippen molar-refractivity contribution < 1.29 is 24.2 Å². The Morgan fingerprint density at radius 1 is 1.18 bits per heavy atom. The van der Waals surface area contributed by atoms with E-state index in [0.29, 0.717) is 28.5 Å². The Labute approximate surface area is 167 Å². The number of hydrogen-bond donors (Lipinski definition) is 2. The number of methoxy groups -OCH3 is 1. The lowest BCUT2D eigenvalue weighted by Crippen LogP contribution is -2.37. The van der Waals surface area contributed by atoms with Gasteiger partial charge in [-0.1, -0.05) is 24.3 Å². The van der Waals surface area contributed by atoms with Crippen LogP contribution in [0.15, 0.2) is 48.5 Å². The molecule has 1 aliphatic rings. The Bertz CT molecular complexity index is 869. The summed E-state index contributed by atoms with van der Waals surface area (Å²) in [4.78, 5) is 23.3. The molecule has 1 saturated heterocycles. The number of nitrogens with two attached hydrogens (primary N) is 1. The number of benzene rings is 2. The second-order valence-electron chi connectivity index (χ2n) is 6.72. The lowest BCUT2D eigenvalue weighted by molar-refractivity contribution is -0.126. The van der Waals surface area contributed by atoms with Crippen molar-refractivity contribution >= 4 is 22.9 Å². The predicted molar refractivity (Wildman–Crippen MR) is 106 cm³/mol. The Kier molecular flexibility index (Phi) is 5.93. The molecule has 8 heteroatoms. The molecule has 1 heterocycles. The molecule has 2 aromatic carbocycles. The first-order chi connectivity index (χ1) is 13.3. The molecule has 148 valence electrons. The number of carbonyl (C=O) groups is 2. The van der Waals surface area contributed by atoms with Gasteiger partial charge in [0.1, 0.15) is 23.7 Å². The number of nitrogens with zero attached hydrogens (tertiary/aromatic N) is 1. The summed E-state index contributed by atoms with van der Waals surface area (Å²) in [5, 5.41) is 10.4. The zero-order chi connectivity index (χ0) is 20.3. The van der Waals surface area contributed by atoms with Gasteiger partial charge in [-0.25, -0.2) is 10.9 Å². The monoisotopic (exact) mass is 402 g/mol. The van der Waals surface area contributed by atoms with Crippen molar-refractivity contribution in [1.29, 1.82) is 0 Å². The molecule has 3 N–H and O–H groups in total. The Morgan fingerprint density at radius 2 is 1.89 bits per heavy atom. The third kappa shape index (κ3) is 4.46. The molecule has 1 aliphatic heterocycles. The van der Waals surface area contributed by atoms with Gasteiger partial charge in [0.25, 0.3) is 5.91 Å². The number of imide groups is 1. The molecular formula is C20H22N2O5S. The number of hydrazine groups is 1. The number of amides is 2. The summed E-state index contributed by atoms with van der Waals surface area (Å²) >= 11 is 0.933. The van der Waals surface area contributed by atoms with E-state index in [1.807, 2.05) is 30.3 Å². The van der Waals surface area contributed by atoms with Gasteiger partial charge in [-0.15, -0.1) is 0 Å². The lowest BCUT2D eigenvalue weighted by Gasteiger charge is -2.24. The molecule has 0 saturated carbocycles. The van der Waals surface area contributed by atoms with Crippen molar-refractivity contribution in [3.63, 3.8) is 0 Å². The maximum Gasteiger partial charge on any atom is 0.303 e. The summed E-state index contributed by atoms with van der Waals surface area (Å²) < 4.78 is 10.9. The number of hydrogen-bond acceptors (Lipinski definition) is 7. The Balaban J connectivity index is 1.59. The van der Waals surface area contributed by atoms with E-state index >= 15 is 0 Å². The maximum atomic E-state index is 11.9. The van der Waals surface area contributed by atoms with Crippen molar-refractivity contribution in [3.05, 3.63) is 59.7 Å². The topological polar surface area (TPSA) is 102 Å². The third-order valence-corrected chi connectivity index (χ3v) is 5.56. The van der Waals surface area contributed by atoms with E-state index < -0.39 is 16.1 Å². The van der Waals surface area contributed by atoms with E-state index in [1.54, 1.807) is 32.2 Å². The van der Waals surface area contributed by atoms with Crippen molar-refractivity contribution in [2.75, 3.05) is 13.7 Å². The van der Waals surface area contributed by atoms with Crippen molar-refractivity contribution in [2.45, 2.75) is 24.2 Å². The number of rotatable bonds is 7. The fraction of sp³-hybridized carbons (Fsp3) is 0.300. The molecule has 0 aliphatic carbocycles. The highest BCUT2D eigenvalue weighted by Crippen LogP contribution is 2.29. The van der Waals surface area contributed by atoms with Gasteiger partial charge in [0.2, 0.25) is 0 Å². The molecule has 0 bridgehead atoms. The number of thioether (sulfide) groups is 1. The highest BCUT2D eigenvalue weighted by atomic mass is 32.2. The van der Waals surface area contributed by atoms with E-state index in [0.717, 1.165) is 17.3 Å². The van der Waals surface area contributed by atoms with Crippen LogP contribution in [-0.2, 0) is 16.8 Å². The van der Waals surface area contributed by atoms with E-state index in [4.69, 9.17) is 15.3 Å². The first-order valence-corrected chi connectivity index (χ1v) is 9.56. The smallest absolute Gasteiger partial charge is 0.303 e. The predicted octanol–water partition coefficient (Wildman–Crippen LogP) is 2.46. The van der Waals surface area contributed by atoms with E-state index in [9.17, 15) is 14.7 Å². The van der Waals surface area contributed by atoms with E-state index in [-0.39, 0.29) is 12.5 Å². The van der Waals surface area contributed by atoms with Gasteiger partial charge < -0.3 is 14.6 Å². The zero-order valence-corrected chi connectivity index (χ0v) is 16.4. The number of ether oxygens (including phenoxy) is 2. The molecule has 28 heavy (non-hydrogen) atoms. The second-order valence-corrected chi connectivity index (χ2v) is 7.88. The van der Waals surface area contributed by atoms with Gasteiger partial charge in [0, 0.05) is 0 Å². The average molecular weight is 402 g/mol. The Hall–Kier alpha value is -2.55. The summed E-state index contributed by atoms with van der Waals surface area (Å²) in [6.07, 6.45) is 0.407. The van der Waals surface area contributed by atoms with E-state index in [2.05, 4.69) is 0 Å². The van der Waals surface area contributed by atoms with Crippen LogP contribution in [0.5, 0.6) is 11.5 Å². The van der Waals surface area contributed by atoms with Crippen molar-refractivity contribution in [3.8, 4) is 11.5 Å². The summed E-state index contributed by atoms with van der Waals surface area (Å²) in [6, 6.07) is 14.4. The van der Waals surface area contributed by atoms with Crippen molar-refractivity contribution in [2.24, 2.45) is 5.84 Å². The van der Waals surface area contributed by atoms with Gasteiger partial charge in [-0.05, 0) is 60.5 Å². The minimum Gasteiger partial charge on any atom is -0.497 e. The maximum absolute atomic E-state index is 11.9. The van der Waals surface area contributed by atoms with Crippen LogP contribution >= 0.6 is 11.8 Å². The highest BCUT2D eigenvalue weighted by Gasteiger charge is 2.37. The fourth-order valence-electron chi connectivity index (χ4n) is 2.80. The molecular weight excluding hydrogens is 380 g/mol. The molecule has 2 aromatic rings. The standard InChI is InChI=1S/C20H22N2O5S/c1-20(25,14-4-3-5-16(11-14)26-2)12-27-15-8-6-13(7-9-15)10-17-18(23)22(21)19(24)28-17/h3-9,11,17,25H,10,12,21H2,1-2H3/t17?,20-/m0/s1. The quantitative estimate of drug-likeness (QED) is 0.542. The van der Waals surface area contributed by atoms with E-state index in [1.165, 1.54) is 0 Å². The van der Waals surface area contributed by atoms with Gasteiger partial charge >= 0.3 is 5.24 Å². The van der Waals surface area contributed by atoms with Gasteiger partial charge in [-0.3, -0.25) is 9.59 Å². The minimum absolute atomic E-state index is 0.0626. The molecule has 1 unspecified atom stereocenters. The lowest BCUT2D eigenvalue weighted by atomic mass is 9.97. The first-order valence-electron chi connectivity index (χ1n) is 8.68. The summed E-state index contributed by atoms with van der Waals surface area (Å²) in [6.45, 7) is 1.74. The van der Waals surface area contributed by atoms with Crippen molar-refractivity contribution in [1.82, 2.24) is 5.01 Å². The van der Waals surface area contributed by atoms with Crippen LogP contribution in [-0.4, -0.2) is 40.2 Å². The molecule has 0 spiro atoms. The molecule has 2 amide bonds. The van der Waals surface area contributed by atoms with Crippen LogP contribution in [0.3, 0.4) is 0 Å². The first kappa shape index (κ1) is 20.2. The molecule has 3 rings (SSSR count). The van der Waals surface area contributed by atoms with Crippen LogP contribution in [0.25, 0.3) is 0 Å². The van der Waals surface area contributed by atoms with Crippen LogP contribution in [0.1, 0.15) is 18.1 Å². The average Bonchev–Trinajstić information content (AvgIpc) is 2.94. The molecule has 0 aromatic heterocycles. The third-order valence-electron chi connectivity index (χ3n) is 4.51. The molecule has 7 nitrogen and oxygen atoms in total. The second kappa shape index (κ2) is 8.22. The normalized spacial score (nSPS) is 18.9. The van der Waals surface area contributed by atoms with Gasteiger partial charge in [0.15, 0.2) is 0 Å². The Morgan fingerprint density at radius 3 is 2.50 bits per heavy atom. The summed E-state index contributed by atoms with van der Waals surface area (Å²) in [7, 11) is 1.57. The molecule has 0 radical (unpaired) electrons. The van der Waals surface area contributed by atoms with Crippen LogP contribution in [0.4, 0.5) is 4.79 Å². The van der Waals surface area contributed by atoms with Gasteiger partial charge in [0.05, 0.1) is 12.4 Å². The summed E-state index contributed by atoms with van der Waals surface area (Å²) in [5.41, 5.74) is 0.391. The number of aliphatic hydroxyl groups is 1. The van der Waals surface area contributed by atoms with Crippen LogP contribution in [0.2, 0.25) is 0 Å². The highest BCUT2D eigenvalue weighted by molar-refractivity contribution is 8.15. The van der Waals surface area contributed by atoms with Crippen LogP contribution < -0.4 is 15.3 Å². The fourth-order valence-corrected chi connectivity index (χ4v) is 3.74. The SMILES string of the molecule is COc1cccc([C@@](C)(O)COc2ccc(CC3SC(=O)N(N)C3=O)cc2)c1. The van der Waals surface area contributed by atoms with Crippen LogP contribution in [0, 0.1) is 0 Å².